The number of imidazole rings is 1. The van der Waals surface area contributed by atoms with Gasteiger partial charge in [0.15, 0.2) is 0 Å². The Morgan fingerprint density at radius 1 is 1.33 bits per heavy atom. The number of nitrogen functional groups attached to an aromatic ring is 1. The van der Waals surface area contributed by atoms with E-state index in [9.17, 15) is 0 Å². The van der Waals surface area contributed by atoms with E-state index in [2.05, 4.69) is 49.6 Å². The molecule has 2 N–H and O–H groups in total. The van der Waals surface area contributed by atoms with Gasteiger partial charge in [-0.25, -0.2) is 4.98 Å². The van der Waals surface area contributed by atoms with Gasteiger partial charge in [0.25, 0.3) is 0 Å². The maximum Gasteiger partial charge on any atom is 0.131 e. The Hall–Kier alpha value is -1.77. The summed E-state index contributed by atoms with van der Waals surface area (Å²) in [5, 5.41) is 0. The van der Waals surface area contributed by atoms with Crippen molar-refractivity contribution >= 4 is 5.82 Å². The highest BCUT2D eigenvalue weighted by Gasteiger charge is 2.24. The molecule has 0 bridgehead atoms. The molecule has 1 saturated carbocycles. The highest BCUT2D eigenvalue weighted by Crippen LogP contribution is 2.41. The van der Waals surface area contributed by atoms with E-state index >= 15 is 0 Å². The first kappa shape index (κ1) is 14.2. The fourth-order valence-electron chi connectivity index (χ4n) is 2.92. The minimum atomic E-state index is 0.567. The quantitative estimate of drug-likeness (QED) is 0.892. The van der Waals surface area contributed by atoms with Gasteiger partial charge in [-0.05, 0) is 36.3 Å². The second-order valence-corrected chi connectivity index (χ2v) is 6.52. The molecule has 2 aromatic rings. The molecule has 112 valence electrons. The average Bonchev–Trinajstić information content (AvgIpc) is 3.26. The molecule has 3 heteroatoms. The van der Waals surface area contributed by atoms with E-state index in [1.165, 1.54) is 18.4 Å². The fourth-order valence-corrected chi connectivity index (χ4v) is 2.92. The van der Waals surface area contributed by atoms with E-state index in [1.54, 1.807) is 0 Å². The van der Waals surface area contributed by atoms with Gasteiger partial charge in [-0.3, -0.25) is 0 Å². The molecule has 1 aliphatic rings. The van der Waals surface area contributed by atoms with Crippen LogP contribution in [0.5, 0.6) is 0 Å². The monoisotopic (exact) mass is 283 g/mol. The van der Waals surface area contributed by atoms with Gasteiger partial charge >= 0.3 is 0 Å². The van der Waals surface area contributed by atoms with Crippen molar-refractivity contribution in [1.82, 2.24) is 9.55 Å². The molecule has 3 nitrogen and oxygen atoms in total. The fraction of sp³-hybridized carbons (Fsp3) is 0.500. The third kappa shape index (κ3) is 2.82. The van der Waals surface area contributed by atoms with Crippen LogP contribution < -0.4 is 5.73 Å². The second-order valence-electron chi connectivity index (χ2n) is 6.52. The van der Waals surface area contributed by atoms with Crippen molar-refractivity contribution in [2.24, 2.45) is 5.92 Å². The molecule has 0 amide bonds. The number of benzene rings is 1. The summed E-state index contributed by atoms with van der Waals surface area (Å²) in [5.41, 5.74) is 9.95. The van der Waals surface area contributed by atoms with Crippen molar-refractivity contribution < 1.29 is 0 Å². The Morgan fingerprint density at radius 2 is 2.10 bits per heavy atom. The van der Waals surface area contributed by atoms with Crippen LogP contribution in [0.25, 0.3) is 11.3 Å². The first-order valence-corrected chi connectivity index (χ1v) is 8.05. The number of aromatic nitrogens is 2. The first-order valence-electron chi connectivity index (χ1n) is 8.05. The van der Waals surface area contributed by atoms with Gasteiger partial charge in [0.2, 0.25) is 0 Å². The first-order chi connectivity index (χ1) is 10.1. The predicted molar refractivity (Wildman–Crippen MR) is 88.3 cm³/mol. The lowest BCUT2D eigenvalue weighted by Crippen LogP contribution is -2.10. The molecule has 1 heterocycles. The third-order valence-electron chi connectivity index (χ3n) is 4.16. The van der Waals surface area contributed by atoms with E-state index < -0.39 is 0 Å². The Labute approximate surface area is 127 Å². The summed E-state index contributed by atoms with van der Waals surface area (Å²) in [6.45, 7) is 7.51. The topological polar surface area (TPSA) is 43.8 Å². The van der Waals surface area contributed by atoms with Crippen LogP contribution in [-0.4, -0.2) is 9.55 Å². The Balaban J connectivity index is 2.01. The van der Waals surface area contributed by atoms with E-state index in [-0.39, 0.29) is 0 Å². The molecule has 1 aromatic carbocycles. The minimum absolute atomic E-state index is 0.567. The van der Waals surface area contributed by atoms with E-state index in [4.69, 9.17) is 10.7 Å². The number of rotatable bonds is 5. The van der Waals surface area contributed by atoms with Gasteiger partial charge in [-0.15, -0.1) is 0 Å². The molecule has 3 rings (SSSR count). The van der Waals surface area contributed by atoms with Crippen LogP contribution in [-0.2, 0) is 13.0 Å². The normalized spacial score (nSPS) is 14.9. The molecular weight excluding hydrogens is 258 g/mol. The van der Waals surface area contributed by atoms with Crippen molar-refractivity contribution in [1.29, 1.82) is 0 Å². The van der Waals surface area contributed by atoms with E-state index in [1.807, 2.05) is 0 Å². The van der Waals surface area contributed by atoms with Crippen molar-refractivity contribution in [3.63, 3.8) is 0 Å². The van der Waals surface area contributed by atoms with Crippen LogP contribution in [0.4, 0.5) is 5.82 Å². The van der Waals surface area contributed by atoms with Gasteiger partial charge in [0.05, 0.1) is 0 Å². The maximum atomic E-state index is 6.40. The lowest BCUT2D eigenvalue weighted by molar-refractivity contribution is 0.513. The zero-order valence-electron chi connectivity index (χ0n) is 13.3. The Kier molecular flexibility index (Phi) is 3.75. The molecule has 1 aliphatic carbocycles. The van der Waals surface area contributed by atoms with E-state index in [0.717, 1.165) is 41.8 Å². The molecule has 1 fully saturated rings. The smallest absolute Gasteiger partial charge is 0.131 e. The van der Waals surface area contributed by atoms with Crippen LogP contribution >= 0.6 is 0 Å². The number of hydrogen-bond acceptors (Lipinski definition) is 2. The SMILES string of the molecule is CCc1nc(-c2cccc(C3CC3)c2)c(N)n1CC(C)C. The number of hydrogen-bond donors (Lipinski definition) is 1. The summed E-state index contributed by atoms with van der Waals surface area (Å²) in [6.07, 6.45) is 3.56. The number of nitrogens with zero attached hydrogens (tertiary/aromatic N) is 2. The van der Waals surface area contributed by atoms with E-state index in [0.29, 0.717) is 5.92 Å². The van der Waals surface area contributed by atoms with Crippen LogP contribution in [0.15, 0.2) is 24.3 Å². The molecule has 0 unspecified atom stereocenters. The van der Waals surface area contributed by atoms with Crippen molar-refractivity contribution in [2.75, 3.05) is 5.73 Å². The lowest BCUT2D eigenvalue weighted by atomic mass is 10.1. The molecule has 1 aromatic heterocycles. The summed E-state index contributed by atoms with van der Waals surface area (Å²) in [6, 6.07) is 8.76. The zero-order valence-corrected chi connectivity index (χ0v) is 13.3. The molecule has 0 atom stereocenters. The summed E-state index contributed by atoms with van der Waals surface area (Å²) in [7, 11) is 0. The lowest BCUT2D eigenvalue weighted by Gasteiger charge is -2.11. The number of nitrogens with two attached hydrogens (primary N) is 1. The van der Waals surface area contributed by atoms with Gasteiger partial charge < -0.3 is 10.3 Å². The molecule has 0 radical (unpaired) electrons. The Bertz CT molecular complexity index is 636. The van der Waals surface area contributed by atoms with Crippen molar-refractivity contribution in [2.45, 2.75) is 52.5 Å². The molecule has 21 heavy (non-hydrogen) atoms. The maximum absolute atomic E-state index is 6.40. The van der Waals surface area contributed by atoms with Crippen LogP contribution in [0, 0.1) is 5.92 Å². The number of aryl methyl sites for hydroxylation is 1. The third-order valence-corrected chi connectivity index (χ3v) is 4.16. The van der Waals surface area contributed by atoms with Gasteiger partial charge in [-0.2, -0.15) is 0 Å². The van der Waals surface area contributed by atoms with Gasteiger partial charge in [-0.1, -0.05) is 39.0 Å². The summed E-state index contributed by atoms with van der Waals surface area (Å²) < 4.78 is 2.18. The highest BCUT2D eigenvalue weighted by molar-refractivity contribution is 5.71. The number of anilines is 1. The van der Waals surface area contributed by atoms with Crippen LogP contribution in [0.1, 0.15) is 50.9 Å². The molecule has 0 saturated heterocycles. The second kappa shape index (κ2) is 5.55. The van der Waals surface area contributed by atoms with Crippen molar-refractivity contribution in [3.05, 3.63) is 35.7 Å². The van der Waals surface area contributed by atoms with Crippen LogP contribution in [0.3, 0.4) is 0 Å². The summed E-state index contributed by atoms with van der Waals surface area (Å²) >= 11 is 0. The summed E-state index contributed by atoms with van der Waals surface area (Å²) in [4.78, 5) is 4.81. The van der Waals surface area contributed by atoms with Gasteiger partial charge in [0.1, 0.15) is 17.3 Å². The zero-order chi connectivity index (χ0) is 15.0. The average molecular weight is 283 g/mol. The van der Waals surface area contributed by atoms with Gasteiger partial charge in [0, 0.05) is 18.5 Å². The predicted octanol–water partition coefficient (Wildman–Crippen LogP) is 4.23. The summed E-state index contributed by atoms with van der Waals surface area (Å²) in [5.74, 6) is 3.23. The highest BCUT2D eigenvalue weighted by atomic mass is 15.1. The van der Waals surface area contributed by atoms with Crippen LogP contribution in [0.2, 0.25) is 0 Å². The molecule has 0 spiro atoms. The van der Waals surface area contributed by atoms with Crippen molar-refractivity contribution in [3.8, 4) is 11.3 Å². The molecular formula is C18H25N3. The Morgan fingerprint density at radius 3 is 2.71 bits per heavy atom. The minimum Gasteiger partial charge on any atom is -0.383 e. The largest absolute Gasteiger partial charge is 0.383 e. The molecule has 0 aliphatic heterocycles. The standard InChI is InChI=1S/C18H25N3/c1-4-16-20-17(18(19)21(16)11-12(2)3)15-7-5-6-14(10-15)13-8-9-13/h5-7,10,12-13H,4,8-9,11,19H2,1-3H3.